The Balaban J connectivity index is 1.99. The topological polar surface area (TPSA) is 57.9 Å². The van der Waals surface area contributed by atoms with Gasteiger partial charge in [-0.15, -0.1) is 11.8 Å². The van der Waals surface area contributed by atoms with Crippen LogP contribution in [-0.2, 0) is 9.84 Å². The summed E-state index contributed by atoms with van der Waals surface area (Å²) < 4.78 is 24.3. The van der Waals surface area contributed by atoms with Crippen LogP contribution in [-0.4, -0.2) is 19.9 Å². The number of hydrogen-bond donors (Lipinski definition) is 0. The SMILES string of the molecule is N#Cc1ccc(S(=O)(=O)CCSc2ccccc2)cc1. The first-order valence-corrected chi connectivity index (χ1v) is 8.66. The molecule has 0 N–H and O–H groups in total. The molecule has 0 amide bonds. The number of benzene rings is 2. The smallest absolute Gasteiger partial charge is 0.179 e. The third kappa shape index (κ3) is 3.86. The lowest BCUT2D eigenvalue weighted by molar-refractivity contribution is 0.597. The highest BCUT2D eigenvalue weighted by Gasteiger charge is 2.14. The van der Waals surface area contributed by atoms with Crippen molar-refractivity contribution in [2.45, 2.75) is 9.79 Å². The number of nitrogens with zero attached hydrogens (tertiary/aromatic N) is 1. The van der Waals surface area contributed by atoms with E-state index in [9.17, 15) is 8.42 Å². The van der Waals surface area contributed by atoms with Gasteiger partial charge in [0.2, 0.25) is 0 Å². The van der Waals surface area contributed by atoms with Gasteiger partial charge in [-0.25, -0.2) is 8.42 Å². The zero-order valence-electron chi connectivity index (χ0n) is 10.7. The van der Waals surface area contributed by atoms with Crippen molar-refractivity contribution < 1.29 is 8.42 Å². The van der Waals surface area contributed by atoms with E-state index in [0.29, 0.717) is 11.3 Å². The maximum atomic E-state index is 12.1. The van der Waals surface area contributed by atoms with Crippen LogP contribution in [0.4, 0.5) is 0 Å². The maximum Gasteiger partial charge on any atom is 0.179 e. The standard InChI is InChI=1S/C15H13NO2S2/c16-12-13-6-8-15(9-7-13)20(17,18)11-10-19-14-4-2-1-3-5-14/h1-9H,10-11H2. The molecule has 5 heteroatoms. The largest absolute Gasteiger partial charge is 0.224 e. The molecule has 2 aromatic carbocycles. The minimum atomic E-state index is -3.29. The van der Waals surface area contributed by atoms with Crippen molar-refractivity contribution in [2.75, 3.05) is 11.5 Å². The van der Waals surface area contributed by atoms with Crippen molar-refractivity contribution in [1.29, 1.82) is 5.26 Å². The summed E-state index contributed by atoms with van der Waals surface area (Å²) in [5, 5.41) is 8.70. The van der Waals surface area contributed by atoms with E-state index >= 15 is 0 Å². The van der Waals surface area contributed by atoms with Gasteiger partial charge in [0.1, 0.15) is 0 Å². The lowest BCUT2D eigenvalue weighted by Crippen LogP contribution is -2.08. The Labute approximate surface area is 123 Å². The van der Waals surface area contributed by atoms with Gasteiger partial charge in [-0.3, -0.25) is 0 Å². The summed E-state index contributed by atoms with van der Waals surface area (Å²) >= 11 is 1.52. The molecular weight excluding hydrogens is 290 g/mol. The van der Waals surface area contributed by atoms with Crippen molar-refractivity contribution in [3.8, 4) is 6.07 Å². The second kappa shape index (κ2) is 6.60. The molecule has 0 atom stereocenters. The van der Waals surface area contributed by atoms with Crippen molar-refractivity contribution in [3.05, 3.63) is 60.2 Å². The number of nitriles is 1. The first-order chi connectivity index (χ1) is 9.62. The molecule has 0 unspecified atom stereocenters. The van der Waals surface area contributed by atoms with Crippen LogP contribution in [0.1, 0.15) is 5.56 Å². The Morgan fingerprint density at radius 3 is 2.25 bits per heavy atom. The molecule has 2 aromatic rings. The Morgan fingerprint density at radius 1 is 1.00 bits per heavy atom. The predicted molar refractivity (Wildman–Crippen MR) is 80.4 cm³/mol. The van der Waals surface area contributed by atoms with E-state index in [0.717, 1.165) is 4.90 Å². The van der Waals surface area contributed by atoms with Gasteiger partial charge < -0.3 is 0 Å². The normalized spacial score (nSPS) is 10.9. The molecule has 102 valence electrons. The van der Waals surface area contributed by atoms with Crippen molar-refractivity contribution in [2.24, 2.45) is 0 Å². The molecule has 2 rings (SSSR count). The first-order valence-electron chi connectivity index (χ1n) is 6.02. The summed E-state index contributed by atoms with van der Waals surface area (Å²) in [6.07, 6.45) is 0. The van der Waals surface area contributed by atoms with Crippen LogP contribution in [0.5, 0.6) is 0 Å². The van der Waals surface area contributed by atoms with Crippen molar-refractivity contribution >= 4 is 21.6 Å². The van der Waals surface area contributed by atoms with Gasteiger partial charge in [0.15, 0.2) is 9.84 Å². The van der Waals surface area contributed by atoms with Crippen molar-refractivity contribution in [3.63, 3.8) is 0 Å². The van der Waals surface area contributed by atoms with Crippen LogP contribution >= 0.6 is 11.8 Å². The van der Waals surface area contributed by atoms with E-state index in [4.69, 9.17) is 5.26 Å². The zero-order chi connectivity index (χ0) is 14.4. The fourth-order valence-electron chi connectivity index (χ4n) is 1.64. The fraction of sp³-hybridized carbons (Fsp3) is 0.133. The molecule has 20 heavy (non-hydrogen) atoms. The third-order valence-electron chi connectivity index (χ3n) is 2.71. The minimum Gasteiger partial charge on any atom is -0.224 e. The Bertz CT molecular complexity index is 702. The molecule has 0 radical (unpaired) electrons. The lowest BCUT2D eigenvalue weighted by Gasteiger charge is -2.04. The van der Waals surface area contributed by atoms with Gasteiger partial charge in [-0.2, -0.15) is 5.26 Å². The highest BCUT2D eigenvalue weighted by molar-refractivity contribution is 8.00. The van der Waals surface area contributed by atoms with Crippen LogP contribution in [0.2, 0.25) is 0 Å². The molecular formula is C15H13NO2S2. The predicted octanol–water partition coefficient (Wildman–Crippen LogP) is 3.12. The van der Waals surface area contributed by atoms with Crippen LogP contribution in [0.25, 0.3) is 0 Å². The van der Waals surface area contributed by atoms with Gasteiger partial charge in [0.25, 0.3) is 0 Å². The van der Waals surface area contributed by atoms with Gasteiger partial charge in [-0.1, -0.05) is 18.2 Å². The van der Waals surface area contributed by atoms with E-state index in [1.165, 1.54) is 36.0 Å². The maximum absolute atomic E-state index is 12.1. The van der Waals surface area contributed by atoms with Gasteiger partial charge in [0.05, 0.1) is 22.3 Å². The molecule has 3 nitrogen and oxygen atoms in total. The van der Waals surface area contributed by atoms with Crippen molar-refractivity contribution in [1.82, 2.24) is 0 Å². The molecule has 0 bridgehead atoms. The molecule has 0 aromatic heterocycles. The summed E-state index contributed by atoms with van der Waals surface area (Å²) in [5.74, 6) is 0.588. The minimum absolute atomic E-state index is 0.0818. The van der Waals surface area contributed by atoms with E-state index < -0.39 is 9.84 Å². The highest BCUT2D eigenvalue weighted by atomic mass is 32.2. The average molecular weight is 303 g/mol. The van der Waals surface area contributed by atoms with E-state index in [-0.39, 0.29) is 10.6 Å². The second-order valence-corrected chi connectivity index (χ2v) is 7.39. The molecule has 0 aliphatic heterocycles. The second-order valence-electron chi connectivity index (χ2n) is 4.12. The van der Waals surface area contributed by atoms with Gasteiger partial charge in [-0.05, 0) is 36.4 Å². The fourth-order valence-corrected chi connectivity index (χ4v) is 4.22. The molecule has 0 fully saturated rings. The highest BCUT2D eigenvalue weighted by Crippen LogP contribution is 2.19. The van der Waals surface area contributed by atoms with E-state index in [1.807, 2.05) is 36.4 Å². The first kappa shape index (κ1) is 14.6. The van der Waals surface area contributed by atoms with E-state index in [2.05, 4.69) is 0 Å². The molecule has 0 saturated heterocycles. The number of hydrogen-bond acceptors (Lipinski definition) is 4. The average Bonchev–Trinajstić information content (AvgIpc) is 2.48. The monoisotopic (exact) mass is 303 g/mol. The summed E-state index contributed by atoms with van der Waals surface area (Å²) in [5.41, 5.74) is 0.461. The Morgan fingerprint density at radius 2 is 1.65 bits per heavy atom. The Kier molecular flexibility index (Phi) is 4.83. The molecule has 0 aliphatic carbocycles. The van der Waals surface area contributed by atoms with Crippen LogP contribution in [0.15, 0.2) is 64.4 Å². The number of rotatable bonds is 5. The van der Waals surface area contributed by atoms with Crippen LogP contribution in [0.3, 0.4) is 0 Å². The Hall–Kier alpha value is -1.77. The summed E-state index contributed by atoms with van der Waals surface area (Å²) in [6.45, 7) is 0. The summed E-state index contributed by atoms with van der Waals surface area (Å²) in [7, 11) is -3.29. The summed E-state index contributed by atoms with van der Waals surface area (Å²) in [4.78, 5) is 1.33. The van der Waals surface area contributed by atoms with Gasteiger partial charge >= 0.3 is 0 Å². The van der Waals surface area contributed by atoms with Gasteiger partial charge in [0, 0.05) is 10.6 Å². The van der Waals surface area contributed by atoms with Crippen LogP contribution < -0.4 is 0 Å². The molecule has 0 heterocycles. The number of thioether (sulfide) groups is 1. The lowest BCUT2D eigenvalue weighted by atomic mass is 10.2. The van der Waals surface area contributed by atoms with E-state index in [1.54, 1.807) is 0 Å². The third-order valence-corrected chi connectivity index (χ3v) is 5.71. The summed E-state index contributed by atoms with van der Waals surface area (Å²) in [6, 6.07) is 17.7. The zero-order valence-corrected chi connectivity index (χ0v) is 12.3. The molecule has 0 spiro atoms. The molecule has 0 saturated carbocycles. The quantitative estimate of drug-likeness (QED) is 0.796. The molecule has 0 aliphatic rings. The number of sulfone groups is 1. The van der Waals surface area contributed by atoms with Crippen LogP contribution in [0, 0.1) is 11.3 Å².